The standard InChI is InChI=1S/C31H49NO8/c1-11-12-19(6)28(33)37-22(9)23(10)38-31(36)25(32)15-24-13-14-26(39-29(34)20(7)17(2)3)27(16-24)40-30(35)21(8)18(4)5/h13-14,16-23,25H,11-12,15,32H2,1-10H3/t19?,20?,21?,22-,23-,25-/m0/s1. The smallest absolute Gasteiger partial charge is 0.323 e. The van der Waals surface area contributed by atoms with E-state index in [1.807, 2.05) is 34.6 Å². The molecule has 0 saturated heterocycles. The summed E-state index contributed by atoms with van der Waals surface area (Å²) < 4.78 is 22.1. The van der Waals surface area contributed by atoms with Crippen molar-refractivity contribution in [2.24, 2.45) is 35.3 Å². The number of carbonyl (C=O) groups excluding carboxylic acids is 4. The second-order valence-electron chi connectivity index (χ2n) is 11.5. The molecule has 0 bridgehead atoms. The van der Waals surface area contributed by atoms with E-state index in [0.29, 0.717) is 12.0 Å². The molecule has 0 aliphatic heterocycles. The van der Waals surface area contributed by atoms with Crippen LogP contribution in [0.2, 0.25) is 0 Å². The number of benzene rings is 1. The molecule has 0 saturated carbocycles. The van der Waals surface area contributed by atoms with Crippen LogP contribution in [0.3, 0.4) is 0 Å². The number of esters is 4. The van der Waals surface area contributed by atoms with E-state index in [-0.39, 0.29) is 53.5 Å². The number of rotatable bonds is 15. The third kappa shape index (κ3) is 10.9. The molecule has 0 fully saturated rings. The molecule has 226 valence electrons. The van der Waals surface area contributed by atoms with Crippen LogP contribution < -0.4 is 15.2 Å². The normalized spacial score (nSPS) is 15.9. The van der Waals surface area contributed by atoms with Crippen molar-refractivity contribution >= 4 is 23.9 Å². The fourth-order valence-corrected chi connectivity index (χ4v) is 3.44. The van der Waals surface area contributed by atoms with Crippen molar-refractivity contribution in [2.75, 3.05) is 0 Å². The number of hydrogen-bond donors (Lipinski definition) is 1. The first-order valence-corrected chi connectivity index (χ1v) is 14.3. The molecule has 6 atom stereocenters. The van der Waals surface area contributed by atoms with Crippen molar-refractivity contribution in [3.05, 3.63) is 23.8 Å². The van der Waals surface area contributed by atoms with Crippen LogP contribution in [0.15, 0.2) is 18.2 Å². The minimum atomic E-state index is -1.03. The summed E-state index contributed by atoms with van der Waals surface area (Å²) in [5.41, 5.74) is 6.73. The zero-order chi connectivity index (χ0) is 30.7. The number of nitrogens with two attached hydrogens (primary N) is 1. The molecule has 1 aromatic carbocycles. The highest BCUT2D eigenvalue weighted by molar-refractivity contribution is 5.79. The van der Waals surface area contributed by atoms with Crippen molar-refractivity contribution in [1.29, 1.82) is 0 Å². The van der Waals surface area contributed by atoms with Gasteiger partial charge in [-0.25, -0.2) is 0 Å². The third-order valence-corrected chi connectivity index (χ3v) is 7.32. The fourth-order valence-electron chi connectivity index (χ4n) is 3.44. The Labute approximate surface area is 239 Å². The van der Waals surface area contributed by atoms with Gasteiger partial charge in [-0.05, 0) is 56.2 Å². The molecule has 2 N–H and O–H groups in total. The van der Waals surface area contributed by atoms with Crippen LogP contribution in [0, 0.1) is 29.6 Å². The predicted octanol–water partition coefficient (Wildman–Crippen LogP) is 5.25. The minimum Gasteiger partial charge on any atom is -0.459 e. The Morgan fingerprint density at radius 1 is 0.700 bits per heavy atom. The molecule has 9 nitrogen and oxygen atoms in total. The first-order valence-electron chi connectivity index (χ1n) is 14.3. The molecule has 0 aromatic heterocycles. The van der Waals surface area contributed by atoms with E-state index in [0.717, 1.165) is 6.42 Å². The minimum absolute atomic E-state index is 0.0457. The summed E-state index contributed by atoms with van der Waals surface area (Å²) in [6, 6.07) is 3.70. The van der Waals surface area contributed by atoms with E-state index in [1.165, 1.54) is 6.07 Å². The van der Waals surface area contributed by atoms with Crippen LogP contribution in [0.1, 0.15) is 87.6 Å². The average Bonchev–Trinajstić information content (AvgIpc) is 2.88. The monoisotopic (exact) mass is 563 g/mol. The van der Waals surface area contributed by atoms with Crippen molar-refractivity contribution < 1.29 is 38.1 Å². The van der Waals surface area contributed by atoms with Gasteiger partial charge >= 0.3 is 23.9 Å². The van der Waals surface area contributed by atoms with E-state index >= 15 is 0 Å². The van der Waals surface area contributed by atoms with Crippen LogP contribution in [-0.4, -0.2) is 42.1 Å². The summed E-state index contributed by atoms with van der Waals surface area (Å²) in [6.07, 6.45) is 0.317. The molecule has 9 heteroatoms. The highest BCUT2D eigenvalue weighted by Gasteiger charge is 2.27. The molecule has 0 radical (unpaired) electrons. The van der Waals surface area contributed by atoms with Gasteiger partial charge < -0.3 is 24.7 Å². The first kappa shape index (κ1) is 35.1. The lowest BCUT2D eigenvalue weighted by Crippen LogP contribution is -2.40. The Hall–Kier alpha value is -2.94. The maximum atomic E-state index is 12.7. The van der Waals surface area contributed by atoms with Gasteiger partial charge in [-0.3, -0.25) is 19.2 Å². The quantitative estimate of drug-likeness (QED) is 0.224. The van der Waals surface area contributed by atoms with Gasteiger partial charge in [0.25, 0.3) is 0 Å². The molecule has 40 heavy (non-hydrogen) atoms. The summed E-state index contributed by atoms with van der Waals surface area (Å²) in [4.78, 5) is 50.2. The summed E-state index contributed by atoms with van der Waals surface area (Å²) in [5, 5.41) is 0. The maximum Gasteiger partial charge on any atom is 0.323 e. The molecule has 0 spiro atoms. The van der Waals surface area contributed by atoms with Crippen LogP contribution in [0.25, 0.3) is 0 Å². The number of hydrogen-bond acceptors (Lipinski definition) is 9. The third-order valence-electron chi connectivity index (χ3n) is 7.32. The van der Waals surface area contributed by atoms with Crippen LogP contribution in [-0.2, 0) is 35.1 Å². The largest absolute Gasteiger partial charge is 0.459 e. The summed E-state index contributed by atoms with van der Waals surface area (Å²) in [7, 11) is 0. The van der Waals surface area contributed by atoms with E-state index in [4.69, 9.17) is 24.7 Å². The lowest BCUT2D eigenvalue weighted by atomic mass is 9.98. The second-order valence-corrected chi connectivity index (χ2v) is 11.5. The Kier molecular flexibility index (Phi) is 14.3. The van der Waals surface area contributed by atoms with Crippen molar-refractivity contribution in [3.8, 4) is 11.5 Å². The average molecular weight is 564 g/mol. The molecule has 0 amide bonds. The molecule has 0 heterocycles. The van der Waals surface area contributed by atoms with Crippen molar-refractivity contribution in [1.82, 2.24) is 0 Å². The van der Waals surface area contributed by atoms with Gasteiger partial charge in [-0.2, -0.15) is 0 Å². The van der Waals surface area contributed by atoms with Crippen molar-refractivity contribution in [2.45, 2.75) is 107 Å². The zero-order valence-electron chi connectivity index (χ0n) is 25.8. The van der Waals surface area contributed by atoms with Crippen LogP contribution >= 0.6 is 0 Å². The van der Waals surface area contributed by atoms with Gasteiger partial charge in [0.15, 0.2) is 11.5 Å². The van der Waals surface area contributed by atoms with E-state index < -0.39 is 36.2 Å². The van der Waals surface area contributed by atoms with Gasteiger partial charge in [0.05, 0.1) is 17.8 Å². The van der Waals surface area contributed by atoms with Gasteiger partial charge in [-0.1, -0.05) is 67.9 Å². The Balaban J connectivity index is 3.01. The van der Waals surface area contributed by atoms with Gasteiger partial charge in [-0.15, -0.1) is 0 Å². The SMILES string of the molecule is CCCC(C)C(=O)O[C@@H](C)[C@H](C)OC(=O)[C@@H](N)Cc1ccc(OC(=O)C(C)C(C)C)c(OC(=O)C(C)C(C)C)c1. The second kappa shape index (κ2) is 16.4. The topological polar surface area (TPSA) is 131 Å². The van der Waals surface area contributed by atoms with Crippen LogP contribution in [0.4, 0.5) is 0 Å². The summed E-state index contributed by atoms with van der Waals surface area (Å²) >= 11 is 0. The zero-order valence-corrected chi connectivity index (χ0v) is 25.8. The Bertz CT molecular complexity index is 1010. The van der Waals surface area contributed by atoms with Crippen molar-refractivity contribution in [3.63, 3.8) is 0 Å². The molecule has 1 rings (SSSR count). The Morgan fingerprint density at radius 3 is 1.65 bits per heavy atom. The lowest BCUT2D eigenvalue weighted by Gasteiger charge is -2.24. The fraction of sp³-hybridized carbons (Fsp3) is 0.677. The highest BCUT2D eigenvalue weighted by atomic mass is 16.6. The maximum absolute atomic E-state index is 12.7. The summed E-state index contributed by atoms with van der Waals surface area (Å²) in [5.74, 6) is -2.58. The van der Waals surface area contributed by atoms with E-state index in [1.54, 1.807) is 46.8 Å². The van der Waals surface area contributed by atoms with Gasteiger partial charge in [0.2, 0.25) is 0 Å². The lowest BCUT2D eigenvalue weighted by molar-refractivity contribution is -0.168. The Morgan fingerprint density at radius 2 is 1.18 bits per heavy atom. The molecule has 0 aliphatic carbocycles. The predicted molar refractivity (Wildman–Crippen MR) is 153 cm³/mol. The number of carbonyl (C=O) groups is 4. The molecular weight excluding hydrogens is 514 g/mol. The van der Waals surface area contributed by atoms with Gasteiger partial charge in [0.1, 0.15) is 18.2 Å². The molecule has 0 aliphatic rings. The van der Waals surface area contributed by atoms with Gasteiger partial charge in [0, 0.05) is 0 Å². The number of ether oxygens (including phenoxy) is 4. The molecule has 3 unspecified atom stereocenters. The van der Waals surface area contributed by atoms with E-state index in [9.17, 15) is 19.2 Å². The van der Waals surface area contributed by atoms with E-state index in [2.05, 4.69) is 0 Å². The molecule has 1 aromatic rings. The van der Waals surface area contributed by atoms with Crippen LogP contribution in [0.5, 0.6) is 11.5 Å². The first-order chi connectivity index (χ1) is 18.6. The highest BCUT2D eigenvalue weighted by Crippen LogP contribution is 2.31. The summed E-state index contributed by atoms with van der Waals surface area (Å²) in [6.45, 7) is 18.3. The molecular formula is C31H49NO8.